The molecule has 0 saturated heterocycles. The van der Waals surface area contributed by atoms with Gasteiger partial charge >= 0.3 is 0 Å². The number of rotatable bonds is 1. The minimum absolute atomic E-state index is 0. The Labute approximate surface area is 45.2 Å². The average molecular weight is 106 g/mol. The van der Waals surface area contributed by atoms with Crippen LogP contribution in [0.5, 0.6) is 0 Å². The zero-order valence-corrected chi connectivity index (χ0v) is 5.12. The molecule has 0 aliphatic carbocycles. The smallest absolute Gasteiger partial charge is 0.129 e. The van der Waals surface area contributed by atoms with E-state index in [1.165, 1.54) is 0 Å². The number of carbonyl (C=O) groups excluding carboxylic acids is 1. The Morgan fingerprint density at radius 3 is 1.83 bits per heavy atom. The molecule has 38 valence electrons. The van der Waals surface area contributed by atoms with Crippen molar-refractivity contribution in [3.05, 3.63) is 0 Å². The summed E-state index contributed by atoms with van der Waals surface area (Å²) >= 11 is 0. The zero-order valence-electron chi connectivity index (χ0n) is 4.12. The molecule has 0 aromatic carbocycles. The highest BCUT2D eigenvalue weighted by atomic mass is 32.1. The van der Waals surface area contributed by atoms with Crippen molar-refractivity contribution in [1.82, 2.24) is 0 Å². The summed E-state index contributed by atoms with van der Waals surface area (Å²) < 4.78 is 0. The van der Waals surface area contributed by atoms with Crippen molar-refractivity contribution in [2.75, 3.05) is 0 Å². The Morgan fingerprint density at radius 1 is 1.67 bits per heavy atom. The second-order valence-corrected chi connectivity index (χ2v) is 1.06. The van der Waals surface area contributed by atoms with E-state index in [4.69, 9.17) is 0 Å². The summed E-state index contributed by atoms with van der Waals surface area (Å²) in [6.07, 6.45) is 0.667. The van der Waals surface area contributed by atoms with Crippen LogP contribution in [0.1, 0.15) is 20.3 Å². The predicted octanol–water partition coefficient (Wildman–Crippen LogP) is 1.10. The molecule has 0 amide bonds. The van der Waals surface area contributed by atoms with E-state index in [0.717, 1.165) is 0 Å². The lowest BCUT2D eigenvalue weighted by Gasteiger charge is -1.71. The quantitative estimate of drug-likeness (QED) is 0.489. The van der Waals surface area contributed by atoms with Crippen molar-refractivity contribution in [2.45, 2.75) is 20.3 Å². The van der Waals surface area contributed by atoms with Crippen molar-refractivity contribution >= 4 is 19.3 Å². The summed E-state index contributed by atoms with van der Waals surface area (Å²) in [5.41, 5.74) is 0. The van der Waals surface area contributed by atoms with E-state index in [-0.39, 0.29) is 19.3 Å². The number of ketones is 1. The molecule has 0 aromatic heterocycles. The van der Waals surface area contributed by atoms with Crippen LogP contribution in [0.2, 0.25) is 0 Å². The minimum atomic E-state index is 0. The fourth-order valence-corrected chi connectivity index (χ4v) is 0. The Balaban J connectivity index is 0. The van der Waals surface area contributed by atoms with Gasteiger partial charge in [-0.2, -0.15) is 13.5 Å². The molecule has 0 aliphatic heterocycles. The van der Waals surface area contributed by atoms with Gasteiger partial charge in [-0.05, 0) is 6.92 Å². The normalized spacial score (nSPS) is 6.33. The highest BCUT2D eigenvalue weighted by Crippen LogP contribution is 1.71. The van der Waals surface area contributed by atoms with E-state index >= 15 is 0 Å². The Kier molecular flexibility index (Phi) is 7.85. The third-order valence-corrected chi connectivity index (χ3v) is 0.498. The molecule has 0 saturated carbocycles. The van der Waals surface area contributed by atoms with Gasteiger partial charge in [0.1, 0.15) is 5.78 Å². The molecule has 0 unspecified atom stereocenters. The topological polar surface area (TPSA) is 17.1 Å². The summed E-state index contributed by atoms with van der Waals surface area (Å²) in [5, 5.41) is 0. The van der Waals surface area contributed by atoms with E-state index in [1.54, 1.807) is 6.92 Å². The van der Waals surface area contributed by atoms with Gasteiger partial charge in [0, 0.05) is 6.42 Å². The molecule has 0 fully saturated rings. The molecule has 0 spiro atoms. The third kappa shape index (κ3) is 8.99. The van der Waals surface area contributed by atoms with Crippen LogP contribution < -0.4 is 0 Å². The van der Waals surface area contributed by atoms with E-state index < -0.39 is 0 Å². The van der Waals surface area contributed by atoms with Gasteiger partial charge < -0.3 is 4.79 Å². The first-order valence-electron chi connectivity index (χ1n) is 1.76. The molecule has 0 N–H and O–H groups in total. The number of hydrogen-bond donors (Lipinski definition) is 0. The SMILES string of the molecule is CCC(C)=O.S. The standard InChI is InChI=1S/C4H8O.H2S/c1-3-4(2)5;/h3H2,1-2H3;1H2. The second-order valence-electron chi connectivity index (χ2n) is 1.06. The van der Waals surface area contributed by atoms with Crippen LogP contribution in [0, 0.1) is 0 Å². The lowest BCUT2D eigenvalue weighted by Crippen LogP contribution is -1.80. The highest BCUT2D eigenvalue weighted by Gasteiger charge is 1.76. The van der Waals surface area contributed by atoms with Crippen molar-refractivity contribution in [3.63, 3.8) is 0 Å². The largest absolute Gasteiger partial charge is 0.300 e. The summed E-state index contributed by atoms with van der Waals surface area (Å²) in [6.45, 7) is 3.43. The maximum absolute atomic E-state index is 9.81. The van der Waals surface area contributed by atoms with Gasteiger partial charge in [-0.15, -0.1) is 0 Å². The molecule has 1 nitrogen and oxygen atoms in total. The molecule has 0 rings (SSSR count). The Morgan fingerprint density at radius 2 is 1.83 bits per heavy atom. The first-order valence-corrected chi connectivity index (χ1v) is 1.76. The van der Waals surface area contributed by atoms with Gasteiger partial charge in [-0.25, -0.2) is 0 Å². The predicted molar refractivity (Wildman–Crippen MR) is 31.4 cm³/mol. The molecule has 0 radical (unpaired) electrons. The summed E-state index contributed by atoms with van der Waals surface area (Å²) in [4.78, 5) is 9.81. The maximum Gasteiger partial charge on any atom is 0.129 e. The molecule has 0 aliphatic rings. The maximum atomic E-state index is 9.81. The second kappa shape index (κ2) is 5.02. The Hall–Kier alpha value is 0.0200. The number of Topliss-reactive ketones (excluding diaryl/α,β-unsaturated/α-hetero) is 1. The fourth-order valence-electron chi connectivity index (χ4n) is 0. The van der Waals surface area contributed by atoms with E-state index in [1.807, 2.05) is 6.92 Å². The molecule has 0 atom stereocenters. The molecule has 0 heterocycles. The van der Waals surface area contributed by atoms with Crippen molar-refractivity contribution in [3.8, 4) is 0 Å². The first kappa shape index (κ1) is 9.39. The van der Waals surface area contributed by atoms with Gasteiger partial charge in [-0.1, -0.05) is 6.92 Å². The minimum Gasteiger partial charge on any atom is -0.300 e. The molecular formula is C4H10OS. The zero-order chi connectivity index (χ0) is 4.28. The lowest BCUT2D eigenvalue weighted by molar-refractivity contribution is -0.116. The van der Waals surface area contributed by atoms with Crippen LogP contribution >= 0.6 is 13.5 Å². The fraction of sp³-hybridized carbons (Fsp3) is 0.750. The van der Waals surface area contributed by atoms with Crippen LogP contribution in [0.25, 0.3) is 0 Å². The third-order valence-electron chi connectivity index (χ3n) is 0.498. The van der Waals surface area contributed by atoms with Gasteiger partial charge in [0.2, 0.25) is 0 Å². The molecule has 0 bridgehead atoms. The van der Waals surface area contributed by atoms with Crippen LogP contribution in [0.15, 0.2) is 0 Å². The van der Waals surface area contributed by atoms with Crippen molar-refractivity contribution in [2.24, 2.45) is 0 Å². The summed E-state index contributed by atoms with van der Waals surface area (Å²) in [6, 6.07) is 0. The molecule has 2 heteroatoms. The van der Waals surface area contributed by atoms with Crippen LogP contribution in [0.3, 0.4) is 0 Å². The van der Waals surface area contributed by atoms with Gasteiger partial charge in [0.25, 0.3) is 0 Å². The summed E-state index contributed by atoms with van der Waals surface area (Å²) in [7, 11) is 0. The van der Waals surface area contributed by atoms with E-state index in [9.17, 15) is 4.79 Å². The lowest BCUT2D eigenvalue weighted by atomic mass is 10.4. The van der Waals surface area contributed by atoms with Gasteiger partial charge in [0.05, 0.1) is 0 Å². The van der Waals surface area contributed by atoms with Gasteiger partial charge in [-0.3, -0.25) is 0 Å². The highest BCUT2D eigenvalue weighted by molar-refractivity contribution is 7.59. The van der Waals surface area contributed by atoms with E-state index in [2.05, 4.69) is 0 Å². The molecule has 0 aromatic rings. The van der Waals surface area contributed by atoms with Crippen LogP contribution in [0.4, 0.5) is 0 Å². The van der Waals surface area contributed by atoms with E-state index in [0.29, 0.717) is 6.42 Å². The molecular weight excluding hydrogens is 96.1 g/mol. The van der Waals surface area contributed by atoms with Crippen LogP contribution in [-0.2, 0) is 4.79 Å². The average Bonchev–Trinajstić information content (AvgIpc) is 1.38. The van der Waals surface area contributed by atoms with Crippen molar-refractivity contribution < 1.29 is 4.79 Å². The Bertz CT molecular complexity index is 42.8. The number of hydrogen-bond acceptors (Lipinski definition) is 1. The first-order chi connectivity index (χ1) is 2.27. The monoisotopic (exact) mass is 106 g/mol. The number of carbonyl (C=O) groups is 1. The summed E-state index contributed by atoms with van der Waals surface area (Å²) in [5.74, 6) is 0.255. The molecule has 6 heavy (non-hydrogen) atoms. The van der Waals surface area contributed by atoms with Crippen LogP contribution in [-0.4, -0.2) is 5.78 Å². The van der Waals surface area contributed by atoms with Gasteiger partial charge in [0.15, 0.2) is 0 Å². The van der Waals surface area contributed by atoms with Crippen molar-refractivity contribution in [1.29, 1.82) is 0 Å².